The van der Waals surface area contributed by atoms with E-state index in [-0.39, 0.29) is 29.0 Å². The zero-order valence-electron chi connectivity index (χ0n) is 16.8. The zero-order chi connectivity index (χ0) is 22.0. The van der Waals surface area contributed by atoms with Crippen molar-refractivity contribution in [2.24, 2.45) is 0 Å². The van der Waals surface area contributed by atoms with Crippen molar-refractivity contribution in [3.63, 3.8) is 0 Å². The fraction of sp³-hybridized carbons (Fsp3) is 0.227. The molecule has 3 aromatic rings. The maximum Gasteiger partial charge on any atom is 0.265 e. The summed E-state index contributed by atoms with van der Waals surface area (Å²) in [6.07, 6.45) is 2.70. The lowest BCUT2D eigenvalue weighted by Gasteiger charge is -2.29. The first-order valence-corrected chi connectivity index (χ1v) is 11.7. The largest absolute Gasteiger partial charge is 0.309 e. The molecule has 0 saturated carbocycles. The number of aryl methyl sites for hydroxylation is 1. The van der Waals surface area contributed by atoms with E-state index in [1.165, 1.54) is 22.6 Å². The molecule has 4 rings (SSSR count). The molecule has 0 bridgehead atoms. The highest BCUT2D eigenvalue weighted by atomic mass is 35.5. The third-order valence-electron chi connectivity index (χ3n) is 5.17. The maximum atomic E-state index is 13.2. The molecule has 1 aliphatic heterocycles. The Labute approximate surface area is 186 Å². The van der Waals surface area contributed by atoms with Gasteiger partial charge >= 0.3 is 0 Å². The van der Waals surface area contributed by atoms with E-state index in [0.717, 1.165) is 5.56 Å². The summed E-state index contributed by atoms with van der Waals surface area (Å²) in [4.78, 5) is 21.6. The van der Waals surface area contributed by atoms with E-state index in [1.807, 2.05) is 30.3 Å². The topological polar surface area (TPSA) is 92.3 Å². The summed E-state index contributed by atoms with van der Waals surface area (Å²) in [7, 11) is -3.87. The average Bonchev–Trinajstić information content (AvgIpc) is 2.78. The van der Waals surface area contributed by atoms with Crippen LogP contribution in [0.1, 0.15) is 30.5 Å². The van der Waals surface area contributed by atoms with Crippen LogP contribution in [-0.4, -0.2) is 30.8 Å². The van der Waals surface area contributed by atoms with Crippen LogP contribution in [0.4, 0.5) is 11.6 Å². The van der Waals surface area contributed by atoms with Crippen molar-refractivity contribution >= 4 is 39.2 Å². The highest BCUT2D eigenvalue weighted by Crippen LogP contribution is 2.31. The number of rotatable bonds is 5. The molecule has 9 heteroatoms. The van der Waals surface area contributed by atoms with Crippen LogP contribution < -0.4 is 9.62 Å². The first kappa shape index (κ1) is 21.3. The molecule has 2 aromatic carbocycles. The number of nitrogens with one attached hydrogen (secondary N) is 1. The van der Waals surface area contributed by atoms with Crippen LogP contribution >= 0.6 is 11.6 Å². The molecule has 31 heavy (non-hydrogen) atoms. The van der Waals surface area contributed by atoms with Crippen LogP contribution in [-0.2, 0) is 21.2 Å². The Bertz CT molecular complexity index is 1220. The molecule has 0 saturated heterocycles. The van der Waals surface area contributed by atoms with Gasteiger partial charge in [-0.25, -0.2) is 17.7 Å². The molecule has 2 heterocycles. The molecule has 1 atom stereocenters. The fourth-order valence-corrected chi connectivity index (χ4v) is 5.23. The lowest BCUT2D eigenvalue weighted by molar-refractivity contribution is -0.117. The van der Waals surface area contributed by atoms with E-state index < -0.39 is 15.9 Å². The second-order valence-corrected chi connectivity index (χ2v) is 9.58. The van der Waals surface area contributed by atoms with E-state index in [4.69, 9.17) is 11.6 Å². The van der Waals surface area contributed by atoms with Crippen molar-refractivity contribution in [1.82, 2.24) is 9.97 Å². The lowest BCUT2D eigenvalue weighted by atomic mass is 10.0. The zero-order valence-corrected chi connectivity index (χ0v) is 18.4. The molecule has 0 radical (unpaired) electrons. The van der Waals surface area contributed by atoms with Crippen molar-refractivity contribution < 1.29 is 13.2 Å². The number of benzene rings is 2. The van der Waals surface area contributed by atoms with Gasteiger partial charge in [-0.2, -0.15) is 0 Å². The van der Waals surface area contributed by atoms with E-state index in [0.29, 0.717) is 23.6 Å². The summed E-state index contributed by atoms with van der Waals surface area (Å²) in [6, 6.07) is 15.5. The molecule has 1 amide bonds. The van der Waals surface area contributed by atoms with Crippen LogP contribution in [0, 0.1) is 0 Å². The van der Waals surface area contributed by atoms with Crippen molar-refractivity contribution in [2.45, 2.75) is 30.6 Å². The van der Waals surface area contributed by atoms with E-state index in [1.54, 1.807) is 19.1 Å². The van der Waals surface area contributed by atoms with Crippen LogP contribution in [0.5, 0.6) is 0 Å². The predicted molar refractivity (Wildman–Crippen MR) is 120 cm³/mol. The minimum atomic E-state index is -3.87. The smallest absolute Gasteiger partial charge is 0.265 e. The van der Waals surface area contributed by atoms with E-state index >= 15 is 0 Å². The molecule has 0 spiro atoms. The molecule has 1 N–H and O–H groups in total. The van der Waals surface area contributed by atoms with Crippen molar-refractivity contribution in [3.8, 4) is 0 Å². The summed E-state index contributed by atoms with van der Waals surface area (Å²) in [5.41, 5.74) is 1.45. The van der Waals surface area contributed by atoms with E-state index in [2.05, 4.69) is 15.3 Å². The monoisotopic (exact) mass is 456 g/mol. The van der Waals surface area contributed by atoms with Crippen molar-refractivity contribution in [3.05, 3.63) is 77.1 Å². The number of hydrogen-bond donors (Lipinski definition) is 1. The minimum Gasteiger partial charge on any atom is -0.309 e. The Morgan fingerprint density at radius 1 is 1.16 bits per heavy atom. The predicted octanol–water partition coefficient (Wildman–Crippen LogP) is 4.01. The van der Waals surface area contributed by atoms with Gasteiger partial charge in [0.15, 0.2) is 11.6 Å². The first-order chi connectivity index (χ1) is 14.9. The maximum absolute atomic E-state index is 13.2. The molecule has 7 nitrogen and oxygen atoms in total. The summed E-state index contributed by atoms with van der Waals surface area (Å²) < 4.78 is 27.7. The lowest BCUT2D eigenvalue weighted by Crippen LogP contribution is -2.37. The number of sulfonamides is 1. The molecule has 0 fully saturated rings. The highest BCUT2D eigenvalue weighted by Gasteiger charge is 2.31. The molecule has 160 valence electrons. The quantitative estimate of drug-likeness (QED) is 0.626. The van der Waals surface area contributed by atoms with Gasteiger partial charge in [0.05, 0.1) is 22.7 Å². The standard InChI is InChI=1S/C22H21ClN4O3S/c1-15(16-7-3-2-4-8-16)22(28)26-20-14-24-19-11-6-12-27(21(19)25-20)31(29,30)18-10-5-9-17(23)13-18/h2-5,7-10,13-15H,6,11-12H2,1H3,(H,25,26,28). The minimum absolute atomic E-state index is 0.0850. The SMILES string of the molecule is CC(C(=O)Nc1cnc2c(n1)N(S(=O)(=O)c1cccc(Cl)c1)CCC2)c1ccccc1. The van der Waals surface area contributed by atoms with Gasteiger partial charge in [-0.3, -0.25) is 9.78 Å². The first-order valence-electron chi connectivity index (χ1n) is 9.86. The Morgan fingerprint density at radius 2 is 1.94 bits per heavy atom. The number of amides is 1. The molecule has 1 aromatic heterocycles. The third-order valence-corrected chi connectivity index (χ3v) is 7.19. The van der Waals surface area contributed by atoms with Crippen LogP contribution in [0.25, 0.3) is 0 Å². The average molecular weight is 457 g/mol. The summed E-state index contributed by atoms with van der Waals surface area (Å²) in [6.45, 7) is 2.07. The number of halogens is 1. The number of fused-ring (bicyclic) bond motifs is 1. The number of aromatic nitrogens is 2. The van der Waals surface area contributed by atoms with Crippen LogP contribution in [0.3, 0.4) is 0 Å². The Morgan fingerprint density at radius 3 is 2.68 bits per heavy atom. The van der Waals surface area contributed by atoms with Crippen LogP contribution in [0.15, 0.2) is 65.7 Å². The fourth-order valence-electron chi connectivity index (χ4n) is 3.45. The summed E-state index contributed by atoms with van der Waals surface area (Å²) in [5, 5.41) is 3.09. The molecule has 1 aliphatic rings. The number of carbonyl (C=O) groups excluding carboxylic acids is 1. The van der Waals surface area contributed by atoms with E-state index in [9.17, 15) is 13.2 Å². The number of hydrogen-bond acceptors (Lipinski definition) is 5. The summed E-state index contributed by atoms with van der Waals surface area (Å²) >= 11 is 5.99. The second kappa shape index (κ2) is 8.64. The Hall–Kier alpha value is -2.97. The Balaban J connectivity index is 1.63. The van der Waals surface area contributed by atoms with Gasteiger partial charge in [0.2, 0.25) is 5.91 Å². The van der Waals surface area contributed by atoms with Gasteiger partial charge in [0.1, 0.15) is 0 Å². The van der Waals surface area contributed by atoms with Crippen molar-refractivity contribution in [1.29, 1.82) is 0 Å². The number of carbonyl (C=O) groups is 1. The molecule has 1 unspecified atom stereocenters. The second-order valence-electron chi connectivity index (χ2n) is 7.29. The Kier molecular flexibility index (Phi) is 5.93. The molecular formula is C22H21ClN4O3S. The molecule has 0 aliphatic carbocycles. The number of anilines is 2. The summed E-state index contributed by atoms with van der Waals surface area (Å²) in [5.74, 6) is -0.207. The van der Waals surface area contributed by atoms with Crippen molar-refractivity contribution in [2.75, 3.05) is 16.2 Å². The van der Waals surface area contributed by atoms with Gasteiger partial charge in [0.25, 0.3) is 10.0 Å². The normalized spacial score (nSPS) is 14.6. The highest BCUT2D eigenvalue weighted by molar-refractivity contribution is 7.92. The molecular weight excluding hydrogens is 436 g/mol. The van der Waals surface area contributed by atoms with Gasteiger partial charge < -0.3 is 5.32 Å². The van der Waals surface area contributed by atoms with Crippen LogP contribution in [0.2, 0.25) is 5.02 Å². The number of nitrogens with zero attached hydrogens (tertiary/aromatic N) is 3. The van der Waals surface area contributed by atoms with Gasteiger partial charge in [-0.1, -0.05) is 48.0 Å². The third kappa shape index (κ3) is 4.40. The van der Waals surface area contributed by atoms with Gasteiger partial charge in [-0.05, 0) is 43.5 Å². The van der Waals surface area contributed by atoms with Gasteiger partial charge in [0, 0.05) is 11.6 Å². The van der Waals surface area contributed by atoms with Gasteiger partial charge in [-0.15, -0.1) is 0 Å².